The number of aromatic nitrogens is 1. The number of hydrogen-bond acceptors (Lipinski definition) is 5. The number of nitrogens with one attached hydrogen (secondary N) is 1. The van der Waals surface area contributed by atoms with Crippen molar-refractivity contribution >= 4 is 26.1 Å². The number of rotatable bonds is 4. The molecule has 1 heterocycles. The van der Waals surface area contributed by atoms with Gasteiger partial charge in [0.05, 0.1) is 9.79 Å². The summed E-state index contributed by atoms with van der Waals surface area (Å²) in [5.74, 6) is -1.11. The summed E-state index contributed by atoms with van der Waals surface area (Å²) >= 11 is 0. The smallest absolute Gasteiger partial charge is 0.263 e. The summed E-state index contributed by atoms with van der Waals surface area (Å²) in [5, 5.41) is 0. The van der Waals surface area contributed by atoms with Gasteiger partial charge in [0.25, 0.3) is 10.0 Å². The average Bonchev–Trinajstić information content (AvgIpc) is 2.37. The van der Waals surface area contributed by atoms with Gasteiger partial charge < -0.3 is 0 Å². The first-order chi connectivity index (χ1) is 9.68. The molecule has 0 atom stereocenters. The van der Waals surface area contributed by atoms with E-state index in [2.05, 4.69) is 4.98 Å². The Balaban J connectivity index is 2.32. The number of benzene rings is 1. The van der Waals surface area contributed by atoms with Gasteiger partial charge in [-0.05, 0) is 36.4 Å². The van der Waals surface area contributed by atoms with Crippen LogP contribution in [0.4, 0.5) is 14.1 Å². The van der Waals surface area contributed by atoms with Gasteiger partial charge in [-0.2, -0.15) is 12.8 Å². The Hall–Kier alpha value is -2.07. The van der Waals surface area contributed by atoms with Crippen molar-refractivity contribution in [2.45, 2.75) is 9.79 Å². The molecule has 21 heavy (non-hydrogen) atoms. The highest BCUT2D eigenvalue weighted by atomic mass is 32.3. The molecular formula is C11H8F2N2O4S2. The summed E-state index contributed by atoms with van der Waals surface area (Å²) in [6, 6.07) is 6.98. The van der Waals surface area contributed by atoms with Crippen LogP contribution in [0.3, 0.4) is 0 Å². The second-order valence-electron chi connectivity index (χ2n) is 3.86. The Morgan fingerprint density at radius 3 is 2.00 bits per heavy atom. The van der Waals surface area contributed by atoms with Gasteiger partial charge in [-0.25, -0.2) is 13.4 Å². The van der Waals surface area contributed by atoms with Crippen LogP contribution in [-0.4, -0.2) is 21.8 Å². The zero-order valence-corrected chi connectivity index (χ0v) is 11.8. The Morgan fingerprint density at radius 2 is 1.48 bits per heavy atom. The summed E-state index contributed by atoms with van der Waals surface area (Å²) in [4.78, 5) is 2.35. The van der Waals surface area contributed by atoms with E-state index in [4.69, 9.17) is 0 Å². The molecule has 1 N–H and O–H groups in total. The van der Waals surface area contributed by atoms with Crippen molar-refractivity contribution in [1.29, 1.82) is 0 Å². The van der Waals surface area contributed by atoms with E-state index in [9.17, 15) is 25.1 Å². The predicted molar refractivity (Wildman–Crippen MR) is 69.7 cm³/mol. The molecule has 2 rings (SSSR count). The van der Waals surface area contributed by atoms with Gasteiger partial charge in [0, 0.05) is 0 Å². The summed E-state index contributed by atoms with van der Waals surface area (Å²) in [6.07, 6.45) is 0. The highest BCUT2D eigenvalue weighted by Gasteiger charge is 2.17. The van der Waals surface area contributed by atoms with Crippen LogP contribution in [0.5, 0.6) is 0 Å². The van der Waals surface area contributed by atoms with E-state index in [1.165, 1.54) is 12.1 Å². The molecular weight excluding hydrogens is 326 g/mol. The standard InChI is InChI=1S/C11H8F2N2O4S2/c12-10-2-1-3-11(14-10)15-21(18,19)9-6-4-8(5-7-9)20(13,16)17/h1-7H,(H,14,15). The lowest BCUT2D eigenvalue weighted by Gasteiger charge is -2.07. The molecule has 0 aliphatic heterocycles. The zero-order chi connectivity index (χ0) is 15.7. The second-order valence-corrected chi connectivity index (χ2v) is 6.89. The topological polar surface area (TPSA) is 93.2 Å². The van der Waals surface area contributed by atoms with Gasteiger partial charge in [0.15, 0.2) is 0 Å². The number of anilines is 1. The van der Waals surface area contributed by atoms with Crippen LogP contribution in [0.15, 0.2) is 52.3 Å². The minimum Gasteiger partial charge on any atom is -0.263 e. The van der Waals surface area contributed by atoms with Crippen LogP contribution >= 0.6 is 0 Å². The third-order valence-corrected chi connectivity index (χ3v) is 4.58. The quantitative estimate of drug-likeness (QED) is 0.678. The monoisotopic (exact) mass is 334 g/mol. The lowest BCUT2D eigenvalue weighted by atomic mass is 10.4. The molecule has 0 bridgehead atoms. The number of nitrogens with zero attached hydrogens (tertiary/aromatic N) is 1. The fraction of sp³-hybridized carbons (Fsp3) is 0. The first kappa shape index (κ1) is 15.3. The Kier molecular flexibility index (Phi) is 3.92. The summed E-state index contributed by atoms with van der Waals surface area (Å²) in [7, 11) is -9.00. The summed E-state index contributed by atoms with van der Waals surface area (Å²) in [5.41, 5.74) is 0. The molecule has 112 valence electrons. The first-order valence-electron chi connectivity index (χ1n) is 5.38. The van der Waals surface area contributed by atoms with Crippen molar-refractivity contribution in [3.63, 3.8) is 0 Å². The third kappa shape index (κ3) is 3.73. The molecule has 0 saturated heterocycles. The fourth-order valence-electron chi connectivity index (χ4n) is 1.44. The van der Waals surface area contributed by atoms with E-state index in [1.54, 1.807) is 0 Å². The van der Waals surface area contributed by atoms with Crippen LogP contribution in [0.25, 0.3) is 0 Å². The second kappa shape index (κ2) is 5.37. The van der Waals surface area contributed by atoms with E-state index in [0.717, 1.165) is 30.3 Å². The van der Waals surface area contributed by atoms with E-state index in [1.807, 2.05) is 4.72 Å². The lowest BCUT2D eigenvalue weighted by molar-refractivity contribution is 0.551. The Morgan fingerprint density at radius 1 is 0.905 bits per heavy atom. The minimum absolute atomic E-state index is 0.239. The van der Waals surface area contributed by atoms with Gasteiger partial charge in [0.1, 0.15) is 5.82 Å². The molecule has 0 aliphatic rings. The van der Waals surface area contributed by atoms with Crippen molar-refractivity contribution in [3.8, 4) is 0 Å². The number of hydrogen-bond donors (Lipinski definition) is 1. The van der Waals surface area contributed by atoms with E-state index in [-0.39, 0.29) is 10.7 Å². The molecule has 1 aromatic heterocycles. The molecule has 2 aromatic rings. The number of pyridine rings is 1. The molecule has 0 saturated carbocycles. The maximum Gasteiger partial charge on any atom is 0.332 e. The first-order valence-corrected chi connectivity index (χ1v) is 8.25. The largest absolute Gasteiger partial charge is 0.332 e. The molecule has 0 spiro atoms. The average molecular weight is 334 g/mol. The van der Waals surface area contributed by atoms with Gasteiger partial charge in [-0.3, -0.25) is 4.72 Å². The van der Waals surface area contributed by atoms with Crippen molar-refractivity contribution in [3.05, 3.63) is 48.4 Å². The molecule has 1 aromatic carbocycles. The predicted octanol–water partition coefficient (Wildman–Crippen LogP) is 1.68. The van der Waals surface area contributed by atoms with Gasteiger partial charge >= 0.3 is 10.2 Å². The zero-order valence-electron chi connectivity index (χ0n) is 10.2. The van der Waals surface area contributed by atoms with Gasteiger partial charge in [-0.1, -0.05) is 6.07 Å². The van der Waals surface area contributed by atoms with Crippen molar-refractivity contribution < 1.29 is 25.1 Å². The van der Waals surface area contributed by atoms with Gasteiger partial charge in [0.2, 0.25) is 5.95 Å². The van der Waals surface area contributed by atoms with Gasteiger partial charge in [-0.15, -0.1) is 3.89 Å². The van der Waals surface area contributed by atoms with E-state index >= 15 is 0 Å². The highest BCUT2D eigenvalue weighted by Crippen LogP contribution is 2.18. The van der Waals surface area contributed by atoms with Crippen molar-refractivity contribution in [2.24, 2.45) is 0 Å². The van der Waals surface area contributed by atoms with Crippen molar-refractivity contribution in [2.75, 3.05) is 4.72 Å². The SMILES string of the molecule is O=S(=O)(F)c1ccc(S(=O)(=O)Nc2cccc(F)n2)cc1. The summed E-state index contributed by atoms with van der Waals surface area (Å²) < 4.78 is 72.8. The van der Waals surface area contributed by atoms with Crippen LogP contribution < -0.4 is 4.72 Å². The van der Waals surface area contributed by atoms with Crippen LogP contribution in [0.1, 0.15) is 0 Å². The summed E-state index contributed by atoms with van der Waals surface area (Å²) in [6.45, 7) is 0. The van der Waals surface area contributed by atoms with Crippen LogP contribution in [0, 0.1) is 5.95 Å². The molecule has 0 amide bonds. The maximum absolute atomic E-state index is 12.9. The molecule has 0 radical (unpaired) electrons. The molecule has 0 aliphatic carbocycles. The normalized spacial score (nSPS) is 12.1. The van der Waals surface area contributed by atoms with E-state index < -0.39 is 31.1 Å². The molecule has 0 fully saturated rings. The fourth-order valence-corrected chi connectivity index (χ4v) is 2.91. The Bertz CT molecular complexity index is 865. The van der Waals surface area contributed by atoms with Crippen molar-refractivity contribution in [1.82, 2.24) is 4.98 Å². The lowest BCUT2D eigenvalue weighted by Crippen LogP contribution is -2.14. The van der Waals surface area contributed by atoms with Crippen LogP contribution in [-0.2, 0) is 20.2 Å². The van der Waals surface area contributed by atoms with E-state index in [0.29, 0.717) is 0 Å². The Labute approximate surface area is 119 Å². The molecule has 10 heteroatoms. The number of sulfonamides is 1. The highest BCUT2D eigenvalue weighted by molar-refractivity contribution is 7.92. The molecule has 0 unspecified atom stereocenters. The maximum atomic E-state index is 12.9. The third-order valence-electron chi connectivity index (χ3n) is 2.37. The number of halogens is 2. The minimum atomic E-state index is -4.91. The van der Waals surface area contributed by atoms with Crippen LogP contribution in [0.2, 0.25) is 0 Å². The molecule has 6 nitrogen and oxygen atoms in total.